The molecule has 0 saturated heterocycles. The van der Waals surface area contributed by atoms with E-state index in [-0.39, 0.29) is 41.6 Å². The molecule has 0 atom stereocenters. The molecule has 0 bridgehead atoms. The van der Waals surface area contributed by atoms with Crippen LogP contribution in [0.25, 0.3) is 0 Å². The molecule has 0 aliphatic rings. The summed E-state index contributed by atoms with van der Waals surface area (Å²) in [5.74, 6) is 3.18. The molecule has 1 radical (unpaired) electrons. The zero-order valence-corrected chi connectivity index (χ0v) is 32.1. The molecule has 0 fully saturated rings. The summed E-state index contributed by atoms with van der Waals surface area (Å²) in [5.41, 5.74) is 11.6. The number of halogens is 2. The molecule has 0 heterocycles. The van der Waals surface area contributed by atoms with E-state index in [1.807, 2.05) is 0 Å². The summed E-state index contributed by atoms with van der Waals surface area (Å²) in [4.78, 5) is 2.49. The van der Waals surface area contributed by atoms with Crippen LogP contribution in [-0.4, -0.2) is 38.1 Å². The van der Waals surface area contributed by atoms with Crippen LogP contribution < -0.4 is 35.4 Å². The van der Waals surface area contributed by atoms with Crippen LogP contribution in [0.4, 0.5) is 11.4 Å². The topological polar surface area (TPSA) is 27.3 Å². The van der Waals surface area contributed by atoms with E-state index in [0.717, 1.165) is 39.0 Å². The van der Waals surface area contributed by atoms with E-state index in [1.165, 1.54) is 44.8 Å². The fraction of sp³-hybridized carbons (Fsp3) is 0.676. The van der Waals surface area contributed by atoms with Gasteiger partial charge in [-0.05, 0) is 102 Å². The van der Waals surface area contributed by atoms with Gasteiger partial charge < -0.3 is 40.3 Å². The Hall–Kier alpha value is -0.914. The largest absolute Gasteiger partial charge is 2.00 e. The predicted octanol–water partition coefficient (Wildman–Crippen LogP) is 4.67. The third-order valence-corrected chi connectivity index (χ3v) is 8.30. The van der Waals surface area contributed by atoms with Crippen molar-refractivity contribution in [2.24, 2.45) is 0 Å². The van der Waals surface area contributed by atoms with Crippen LogP contribution in [0.2, 0.25) is 0 Å². The summed E-state index contributed by atoms with van der Waals surface area (Å²) in [6, 6.07) is 9.76. The quantitative estimate of drug-likeness (QED) is 0.253. The van der Waals surface area contributed by atoms with Gasteiger partial charge >= 0.3 is 16.8 Å². The van der Waals surface area contributed by atoms with Gasteiger partial charge in [0.2, 0.25) is 0 Å². The van der Waals surface area contributed by atoms with Gasteiger partial charge in [-0.1, -0.05) is 107 Å². The normalized spacial score (nSPS) is 11.4. The van der Waals surface area contributed by atoms with Crippen LogP contribution in [0, 0.1) is 0 Å². The number of rotatable bonds is 16. The summed E-state index contributed by atoms with van der Waals surface area (Å²) >= 11 is 0. The summed E-state index contributed by atoms with van der Waals surface area (Å²) in [7, 11) is 2.27. The van der Waals surface area contributed by atoms with E-state index in [0.29, 0.717) is 35.5 Å². The summed E-state index contributed by atoms with van der Waals surface area (Å²) in [6.45, 7) is 32.0. The summed E-state index contributed by atoms with van der Waals surface area (Å²) in [6.07, 6.45) is 2.30. The van der Waals surface area contributed by atoms with Crippen molar-refractivity contribution in [1.29, 1.82) is 0 Å². The van der Waals surface area contributed by atoms with Crippen LogP contribution in [-0.2, 0) is 16.8 Å². The average Bonchev–Trinajstić information content (AvgIpc) is 2.87. The number of benzene rings is 2. The molecule has 0 unspecified atom stereocenters. The Balaban J connectivity index is 0. The maximum atomic E-state index is 3.86. The maximum Gasteiger partial charge on any atom is 2.00 e. The van der Waals surface area contributed by atoms with E-state index >= 15 is 0 Å². The molecule has 0 amide bonds. The first kappa shape index (κ1) is 44.2. The van der Waals surface area contributed by atoms with Gasteiger partial charge in [-0.15, -0.1) is 0 Å². The van der Waals surface area contributed by atoms with Crippen molar-refractivity contribution in [2.75, 3.05) is 43.9 Å². The Morgan fingerprint density at radius 2 is 0.744 bits per heavy atom. The average molecular weight is 680 g/mol. The molecule has 2 aromatic carbocycles. The summed E-state index contributed by atoms with van der Waals surface area (Å²) in [5, 5.41) is 7.72. The third kappa shape index (κ3) is 13.2. The fourth-order valence-electron chi connectivity index (χ4n) is 5.56. The van der Waals surface area contributed by atoms with Crippen molar-refractivity contribution in [3.8, 4) is 0 Å². The Kier molecular flexibility index (Phi) is 21.6. The van der Waals surface area contributed by atoms with E-state index < -0.39 is 0 Å². The van der Waals surface area contributed by atoms with Gasteiger partial charge in [0.25, 0.3) is 0 Å². The van der Waals surface area contributed by atoms with Crippen molar-refractivity contribution < 1.29 is 41.6 Å². The molecule has 0 saturated carbocycles. The third-order valence-electron chi connectivity index (χ3n) is 8.30. The molecule has 2 rings (SSSR count). The van der Waals surface area contributed by atoms with Gasteiger partial charge in [-0.2, -0.15) is 0 Å². The minimum atomic E-state index is 0. The van der Waals surface area contributed by atoms with Crippen LogP contribution in [0.3, 0.4) is 0 Å². The Labute approximate surface area is 289 Å². The van der Waals surface area contributed by atoms with Crippen LogP contribution >= 0.6 is 0 Å². The second-order valence-corrected chi connectivity index (χ2v) is 13.9. The van der Waals surface area contributed by atoms with Gasteiger partial charge in [0, 0.05) is 24.5 Å². The zero-order chi connectivity index (χ0) is 30.1. The summed E-state index contributed by atoms with van der Waals surface area (Å²) < 4.78 is 0. The van der Waals surface area contributed by atoms with Gasteiger partial charge in [-0.3, -0.25) is 0 Å². The van der Waals surface area contributed by atoms with Crippen LogP contribution in [0.5, 0.6) is 0 Å². The molecule has 0 aliphatic heterocycles. The molecule has 2 aromatic rings. The van der Waals surface area contributed by atoms with Crippen molar-refractivity contribution in [1.82, 2.24) is 4.90 Å². The predicted molar refractivity (Wildman–Crippen MR) is 181 cm³/mol. The molecule has 0 aliphatic carbocycles. The number of anilines is 2. The van der Waals surface area contributed by atoms with Crippen LogP contribution in [0.15, 0.2) is 24.3 Å². The van der Waals surface area contributed by atoms with Gasteiger partial charge in [-0.25, -0.2) is 0 Å². The van der Waals surface area contributed by atoms with Crippen molar-refractivity contribution >= 4 is 11.4 Å². The van der Waals surface area contributed by atoms with Crippen LogP contribution in [0.1, 0.15) is 165 Å². The van der Waals surface area contributed by atoms with E-state index in [9.17, 15) is 0 Å². The smallest absolute Gasteiger partial charge is 1.00 e. The number of nitrogens with one attached hydrogen (secondary N) is 2. The van der Waals surface area contributed by atoms with Gasteiger partial charge in [0.15, 0.2) is 0 Å². The van der Waals surface area contributed by atoms with E-state index in [2.05, 4.69) is 130 Å². The molecular weight excluding hydrogens is 616 g/mol. The molecule has 43 heavy (non-hydrogen) atoms. The second-order valence-electron chi connectivity index (χ2n) is 13.9. The molecule has 0 aromatic heterocycles. The fourth-order valence-corrected chi connectivity index (χ4v) is 5.56. The van der Waals surface area contributed by atoms with E-state index in [1.54, 1.807) is 0 Å². The Morgan fingerprint density at radius 3 is 0.953 bits per heavy atom. The first-order chi connectivity index (χ1) is 18.7. The molecule has 2 N–H and O–H groups in total. The number of hydrogen-bond acceptors (Lipinski definition) is 3. The van der Waals surface area contributed by atoms with Crippen molar-refractivity contribution in [3.05, 3.63) is 57.6 Å². The molecule has 3 nitrogen and oxygen atoms in total. The Morgan fingerprint density at radius 1 is 0.488 bits per heavy atom. The standard InChI is InChI=1S/C37H63N3.2ClH.Co/c1-24(2)30-20-32(26(5)6)36(33(21-30)27(7)8)38-16-14-18-40(13)19-15-17-39-37-34(28(9)10)22-31(25(3)4)23-35(37)29(11)12;;;/h20-29,38-39H,14-19H2,1-13H3;2*1H;/q;;;+2/p-2. The van der Waals surface area contributed by atoms with Crippen molar-refractivity contribution in [2.45, 2.75) is 131 Å². The Bertz CT molecular complexity index is 922. The molecule has 249 valence electrons. The number of hydrogen-bond donors (Lipinski definition) is 2. The monoisotopic (exact) mass is 678 g/mol. The molecule has 0 spiro atoms. The van der Waals surface area contributed by atoms with Gasteiger partial charge in [0.05, 0.1) is 0 Å². The van der Waals surface area contributed by atoms with E-state index in [4.69, 9.17) is 0 Å². The molecule has 6 heteroatoms. The van der Waals surface area contributed by atoms with Gasteiger partial charge in [0.1, 0.15) is 0 Å². The number of nitrogens with zero attached hydrogens (tertiary/aromatic N) is 1. The first-order valence-electron chi connectivity index (χ1n) is 16.3. The van der Waals surface area contributed by atoms with Crippen molar-refractivity contribution in [3.63, 3.8) is 0 Å². The zero-order valence-electron chi connectivity index (χ0n) is 29.6. The molecular formula is C37H63Cl2CoN3. The first-order valence-corrected chi connectivity index (χ1v) is 16.3. The second kappa shape index (κ2) is 21.0. The minimum absolute atomic E-state index is 0. The maximum absolute atomic E-state index is 3.86. The minimum Gasteiger partial charge on any atom is -1.00 e. The SMILES string of the molecule is CC(C)c1cc(C(C)C)c(NCCCN(C)CCCNc2c(C(C)C)cc(C(C)C)cc2C(C)C)c(C(C)C)c1.[Cl-].[Cl-].[Co+2].